The SMILES string of the molecule is CCC(CC)C(=O)Nc1nnc(C(C)(C)C)s1. The molecular weight excluding hydrogens is 234 g/mol. The van der Waals surface area contributed by atoms with E-state index in [1.807, 2.05) is 13.8 Å². The van der Waals surface area contributed by atoms with Crippen LogP contribution in [-0.4, -0.2) is 16.1 Å². The largest absolute Gasteiger partial charge is 0.300 e. The molecule has 0 saturated carbocycles. The van der Waals surface area contributed by atoms with Gasteiger partial charge in [-0.05, 0) is 12.8 Å². The fraction of sp³-hybridized carbons (Fsp3) is 0.750. The van der Waals surface area contributed by atoms with Crippen LogP contribution in [0.3, 0.4) is 0 Å². The normalized spacial score (nSPS) is 11.9. The minimum atomic E-state index is -0.0183. The van der Waals surface area contributed by atoms with E-state index in [2.05, 4.69) is 36.3 Å². The second-order valence-electron chi connectivity index (χ2n) is 5.17. The minimum absolute atomic E-state index is 0.0183. The number of nitrogens with one attached hydrogen (secondary N) is 1. The van der Waals surface area contributed by atoms with Gasteiger partial charge in [0.1, 0.15) is 5.01 Å². The molecule has 0 aliphatic carbocycles. The van der Waals surface area contributed by atoms with Crippen LogP contribution in [-0.2, 0) is 10.2 Å². The van der Waals surface area contributed by atoms with Crippen molar-refractivity contribution in [2.75, 3.05) is 5.32 Å². The molecule has 0 saturated heterocycles. The van der Waals surface area contributed by atoms with Crippen LogP contribution in [0.15, 0.2) is 0 Å². The van der Waals surface area contributed by atoms with Gasteiger partial charge in [-0.1, -0.05) is 46.0 Å². The molecule has 0 aliphatic rings. The molecule has 1 heterocycles. The van der Waals surface area contributed by atoms with Crippen molar-refractivity contribution >= 4 is 22.4 Å². The first-order valence-corrected chi connectivity index (χ1v) is 6.85. The Morgan fingerprint density at radius 2 is 1.88 bits per heavy atom. The first-order chi connectivity index (χ1) is 7.88. The molecule has 0 aliphatic heterocycles. The van der Waals surface area contributed by atoms with E-state index >= 15 is 0 Å². The van der Waals surface area contributed by atoms with Crippen molar-refractivity contribution in [3.05, 3.63) is 5.01 Å². The van der Waals surface area contributed by atoms with E-state index in [0.717, 1.165) is 17.8 Å². The zero-order valence-electron chi connectivity index (χ0n) is 11.2. The molecule has 0 aromatic carbocycles. The molecule has 0 unspecified atom stereocenters. The third kappa shape index (κ3) is 3.77. The maximum atomic E-state index is 11.9. The molecule has 1 N–H and O–H groups in total. The summed E-state index contributed by atoms with van der Waals surface area (Å²) in [5.41, 5.74) is -0.0183. The Morgan fingerprint density at radius 3 is 2.29 bits per heavy atom. The van der Waals surface area contributed by atoms with Crippen molar-refractivity contribution in [1.29, 1.82) is 0 Å². The highest BCUT2D eigenvalue weighted by molar-refractivity contribution is 7.15. The summed E-state index contributed by atoms with van der Waals surface area (Å²) in [5, 5.41) is 12.5. The van der Waals surface area contributed by atoms with Crippen molar-refractivity contribution in [3.8, 4) is 0 Å². The standard InChI is InChI=1S/C12H21N3OS/c1-6-8(7-2)9(16)13-11-15-14-10(17-11)12(3,4)5/h8H,6-7H2,1-5H3,(H,13,15,16). The summed E-state index contributed by atoms with van der Waals surface area (Å²) in [4.78, 5) is 11.9. The Bertz CT molecular complexity index is 377. The van der Waals surface area contributed by atoms with Gasteiger partial charge >= 0.3 is 0 Å². The monoisotopic (exact) mass is 255 g/mol. The van der Waals surface area contributed by atoms with Crippen molar-refractivity contribution in [2.24, 2.45) is 5.92 Å². The third-order valence-electron chi connectivity index (χ3n) is 2.65. The summed E-state index contributed by atoms with van der Waals surface area (Å²) in [7, 11) is 0. The van der Waals surface area contributed by atoms with Gasteiger partial charge in [0.25, 0.3) is 0 Å². The molecule has 0 fully saturated rings. The summed E-state index contributed by atoms with van der Waals surface area (Å²) in [6.07, 6.45) is 1.71. The van der Waals surface area contributed by atoms with Crippen LogP contribution < -0.4 is 5.32 Å². The van der Waals surface area contributed by atoms with Crippen LogP contribution in [0.2, 0.25) is 0 Å². The molecule has 5 heteroatoms. The minimum Gasteiger partial charge on any atom is -0.300 e. The number of aromatic nitrogens is 2. The van der Waals surface area contributed by atoms with E-state index in [4.69, 9.17) is 0 Å². The van der Waals surface area contributed by atoms with Gasteiger partial charge in [0.15, 0.2) is 0 Å². The van der Waals surface area contributed by atoms with Gasteiger partial charge in [0.05, 0.1) is 0 Å². The van der Waals surface area contributed by atoms with E-state index in [9.17, 15) is 4.79 Å². The van der Waals surface area contributed by atoms with Crippen LogP contribution >= 0.6 is 11.3 Å². The maximum absolute atomic E-state index is 11.9. The van der Waals surface area contributed by atoms with Gasteiger partial charge in [-0.3, -0.25) is 4.79 Å². The fourth-order valence-electron chi connectivity index (χ4n) is 1.44. The molecule has 96 valence electrons. The highest BCUT2D eigenvalue weighted by Crippen LogP contribution is 2.28. The number of amides is 1. The quantitative estimate of drug-likeness (QED) is 0.898. The molecule has 0 spiro atoms. The van der Waals surface area contributed by atoms with Crippen LogP contribution in [0.1, 0.15) is 52.5 Å². The molecule has 4 nitrogen and oxygen atoms in total. The van der Waals surface area contributed by atoms with Crippen LogP contribution in [0.5, 0.6) is 0 Å². The number of hydrogen-bond donors (Lipinski definition) is 1. The highest BCUT2D eigenvalue weighted by atomic mass is 32.1. The average molecular weight is 255 g/mol. The summed E-state index contributed by atoms with van der Waals surface area (Å²) in [6, 6.07) is 0. The Labute approximate surface area is 107 Å². The topological polar surface area (TPSA) is 54.9 Å². The van der Waals surface area contributed by atoms with Crippen molar-refractivity contribution < 1.29 is 4.79 Å². The Hall–Kier alpha value is -0.970. The van der Waals surface area contributed by atoms with Gasteiger partial charge in [0.2, 0.25) is 11.0 Å². The van der Waals surface area contributed by atoms with Crippen molar-refractivity contribution in [2.45, 2.75) is 52.9 Å². The van der Waals surface area contributed by atoms with Crippen LogP contribution in [0.25, 0.3) is 0 Å². The second kappa shape index (κ2) is 5.58. The fourth-order valence-corrected chi connectivity index (χ4v) is 2.25. The van der Waals surface area contributed by atoms with Crippen LogP contribution in [0.4, 0.5) is 5.13 Å². The molecule has 1 aromatic heterocycles. The molecule has 17 heavy (non-hydrogen) atoms. The third-order valence-corrected chi connectivity index (χ3v) is 3.92. The lowest BCUT2D eigenvalue weighted by Crippen LogP contribution is -2.21. The molecule has 0 bridgehead atoms. The highest BCUT2D eigenvalue weighted by Gasteiger charge is 2.21. The summed E-state index contributed by atoms with van der Waals surface area (Å²) < 4.78 is 0. The van der Waals surface area contributed by atoms with E-state index in [1.54, 1.807) is 0 Å². The van der Waals surface area contributed by atoms with Gasteiger partial charge in [-0.15, -0.1) is 10.2 Å². The predicted molar refractivity (Wildman–Crippen MR) is 71.3 cm³/mol. The van der Waals surface area contributed by atoms with Crippen LogP contribution in [0, 0.1) is 5.92 Å². The van der Waals surface area contributed by atoms with E-state index in [-0.39, 0.29) is 17.2 Å². The first kappa shape index (κ1) is 14.1. The number of rotatable bonds is 4. The first-order valence-electron chi connectivity index (χ1n) is 6.03. The number of anilines is 1. The number of carbonyl (C=O) groups excluding carboxylic acids is 1. The Kier molecular flexibility index (Phi) is 4.62. The lowest BCUT2D eigenvalue weighted by molar-refractivity contribution is -0.120. The van der Waals surface area contributed by atoms with Gasteiger partial charge in [-0.25, -0.2) is 0 Å². The molecule has 0 atom stereocenters. The number of carbonyl (C=O) groups is 1. The maximum Gasteiger partial charge on any atom is 0.229 e. The zero-order chi connectivity index (χ0) is 13.1. The molecule has 0 radical (unpaired) electrons. The van der Waals surface area contributed by atoms with Crippen molar-refractivity contribution in [1.82, 2.24) is 10.2 Å². The van der Waals surface area contributed by atoms with E-state index < -0.39 is 0 Å². The number of nitrogens with zero attached hydrogens (tertiary/aromatic N) is 2. The molecular formula is C12H21N3OS. The van der Waals surface area contributed by atoms with E-state index in [0.29, 0.717) is 5.13 Å². The second-order valence-corrected chi connectivity index (χ2v) is 6.14. The van der Waals surface area contributed by atoms with Gasteiger partial charge in [0, 0.05) is 11.3 Å². The van der Waals surface area contributed by atoms with Gasteiger partial charge < -0.3 is 5.32 Å². The Balaban J connectivity index is 2.70. The smallest absolute Gasteiger partial charge is 0.229 e. The summed E-state index contributed by atoms with van der Waals surface area (Å²) in [6.45, 7) is 10.3. The number of hydrogen-bond acceptors (Lipinski definition) is 4. The Morgan fingerprint density at radius 1 is 1.29 bits per heavy atom. The lowest BCUT2D eigenvalue weighted by Gasteiger charge is -2.12. The predicted octanol–water partition coefficient (Wildman–Crippen LogP) is 3.21. The molecule has 1 amide bonds. The summed E-state index contributed by atoms with van der Waals surface area (Å²) in [5.74, 6) is 0.114. The molecule has 1 aromatic rings. The molecule has 1 rings (SSSR count). The summed E-state index contributed by atoms with van der Waals surface area (Å²) >= 11 is 1.45. The zero-order valence-corrected chi connectivity index (χ0v) is 12.0. The lowest BCUT2D eigenvalue weighted by atomic mass is 9.98. The van der Waals surface area contributed by atoms with E-state index in [1.165, 1.54) is 11.3 Å². The average Bonchev–Trinajstić information content (AvgIpc) is 2.67. The van der Waals surface area contributed by atoms with Gasteiger partial charge in [-0.2, -0.15) is 0 Å². The van der Waals surface area contributed by atoms with Crippen molar-refractivity contribution in [3.63, 3.8) is 0 Å².